The van der Waals surface area contributed by atoms with E-state index >= 15 is 0 Å². The highest BCUT2D eigenvalue weighted by Gasteiger charge is 2.12. The van der Waals surface area contributed by atoms with Gasteiger partial charge < -0.3 is 14.8 Å². The first-order valence-corrected chi connectivity index (χ1v) is 7.16. The van der Waals surface area contributed by atoms with Gasteiger partial charge in [0.15, 0.2) is 0 Å². The van der Waals surface area contributed by atoms with E-state index in [1.165, 1.54) is 4.88 Å². The lowest BCUT2D eigenvalue weighted by Crippen LogP contribution is -2.11. The number of aryl methyl sites for hydroxylation is 1. The van der Waals surface area contributed by atoms with Crippen LogP contribution in [-0.4, -0.2) is 20.1 Å². The molecule has 2 aromatic rings. The monoisotopic (exact) mass is 291 g/mol. The molecule has 0 radical (unpaired) electrons. The van der Waals surface area contributed by atoms with Crippen molar-refractivity contribution in [2.45, 2.75) is 13.3 Å². The predicted molar refractivity (Wildman–Crippen MR) is 81.2 cm³/mol. The Labute approximate surface area is 122 Å². The molecule has 0 unspecified atom stereocenters. The first-order valence-electron chi connectivity index (χ1n) is 6.28. The number of anilines is 1. The molecule has 0 aliphatic carbocycles. The molecule has 4 nitrogen and oxygen atoms in total. The first-order chi connectivity index (χ1) is 9.67. The van der Waals surface area contributed by atoms with Gasteiger partial charge >= 0.3 is 0 Å². The number of thiophene rings is 1. The molecule has 1 N–H and O–H groups in total. The summed E-state index contributed by atoms with van der Waals surface area (Å²) in [5.74, 6) is 1.12. The normalized spacial score (nSPS) is 10.2. The van der Waals surface area contributed by atoms with Crippen LogP contribution in [0.2, 0.25) is 0 Å². The number of ether oxygens (including phenoxy) is 2. The Morgan fingerprint density at radius 2 is 2.05 bits per heavy atom. The summed E-state index contributed by atoms with van der Waals surface area (Å²) in [6.45, 7) is 2.07. The van der Waals surface area contributed by atoms with Gasteiger partial charge in [-0.15, -0.1) is 11.3 Å². The summed E-state index contributed by atoms with van der Waals surface area (Å²) in [5.41, 5.74) is 1.26. The van der Waals surface area contributed by atoms with Crippen LogP contribution in [0.25, 0.3) is 0 Å². The molecule has 0 saturated heterocycles. The van der Waals surface area contributed by atoms with Gasteiger partial charge in [-0.25, -0.2) is 0 Å². The molecule has 0 bridgehead atoms. The Morgan fingerprint density at radius 1 is 1.25 bits per heavy atom. The van der Waals surface area contributed by atoms with Crippen LogP contribution in [0.4, 0.5) is 5.69 Å². The molecule has 20 heavy (non-hydrogen) atoms. The Bertz CT molecular complexity index is 607. The minimum Gasteiger partial charge on any atom is -0.497 e. The summed E-state index contributed by atoms with van der Waals surface area (Å²) >= 11 is 1.59. The quantitative estimate of drug-likeness (QED) is 0.916. The lowest BCUT2D eigenvalue weighted by Gasteiger charge is -2.11. The standard InChI is InChI=1S/C15H17NO3S/c1-4-12-7-10(9-20-12)15(17)16-13-8-11(18-2)5-6-14(13)19-3/h5-9H,4H2,1-3H3,(H,16,17). The van der Waals surface area contributed by atoms with Gasteiger partial charge in [-0.2, -0.15) is 0 Å². The number of carbonyl (C=O) groups is 1. The van der Waals surface area contributed by atoms with E-state index in [1.54, 1.807) is 43.8 Å². The van der Waals surface area contributed by atoms with Crippen LogP contribution in [0.1, 0.15) is 22.2 Å². The Morgan fingerprint density at radius 3 is 2.65 bits per heavy atom. The van der Waals surface area contributed by atoms with Crippen molar-refractivity contribution in [3.05, 3.63) is 40.1 Å². The Hall–Kier alpha value is -2.01. The van der Waals surface area contributed by atoms with Crippen molar-refractivity contribution in [3.8, 4) is 11.5 Å². The van der Waals surface area contributed by atoms with E-state index in [4.69, 9.17) is 9.47 Å². The molecule has 106 valence electrons. The number of carbonyl (C=O) groups excluding carboxylic acids is 1. The van der Waals surface area contributed by atoms with Crippen LogP contribution >= 0.6 is 11.3 Å². The van der Waals surface area contributed by atoms with Crippen molar-refractivity contribution < 1.29 is 14.3 Å². The fourth-order valence-electron chi connectivity index (χ4n) is 1.79. The fourth-order valence-corrected chi connectivity index (χ4v) is 2.61. The average molecular weight is 291 g/mol. The third-order valence-corrected chi connectivity index (χ3v) is 4.00. The van der Waals surface area contributed by atoms with Gasteiger partial charge in [0, 0.05) is 16.3 Å². The van der Waals surface area contributed by atoms with E-state index in [0.29, 0.717) is 22.7 Å². The van der Waals surface area contributed by atoms with Gasteiger partial charge in [0.1, 0.15) is 11.5 Å². The molecule has 0 atom stereocenters. The average Bonchev–Trinajstić information content (AvgIpc) is 2.96. The number of nitrogens with one attached hydrogen (secondary N) is 1. The molecule has 0 fully saturated rings. The smallest absolute Gasteiger partial charge is 0.256 e. The zero-order valence-electron chi connectivity index (χ0n) is 11.7. The zero-order chi connectivity index (χ0) is 14.5. The second kappa shape index (κ2) is 6.43. The number of hydrogen-bond donors (Lipinski definition) is 1. The summed E-state index contributed by atoms with van der Waals surface area (Å²) < 4.78 is 10.4. The van der Waals surface area contributed by atoms with Crippen LogP contribution in [-0.2, 0) is 6.42 Å². The number of benzene rings is 1. The molecular formula is C15H17NO3S. The zero-order valence-corrected chi connectivity index (χ0v) is 12.5. The topological polar surface area (TPSA) is 47.6 Å². The molecule has 5 heteroatoms. The van der Waals surface area contributed by atoms with E-state index in [1.807, 2.05) is 11.4 Å². The van der Waals surface area contributed by atoms with E-state index in [9.17, 15) is 4.79 Å². The van der Waals surface area contributed by atoms with Crippen molar-refractivity contribution in [1.82, 2.24) is 0 Å². The van der Waals surface area contributed by atoms with E-state index in [0.717, 1.165) is 6.42 Å². The summed E-state index contributed by atoms with van der Waals surface area (Å²) in [6, 6.07) is 7.20. The van der Waals surface area contributed by atoms with E-state index < -0.39 is 0 Å². The Balaban J connectivity index is 2.21. The highest BCUT2D eigenvalue weighted by molar-refractivity contribution is 7.10. The number of rotatable bonds is 5. The first kappa shape index (κ1) is 14.4. The predicted octanol–water partition coefficient (Wildman–Crippen LogP) is 3.58. The number of hydrogen-bond acceptors (Lipinski definition) is 4. The van der Waals surface area contributed by atoms with Crippen LogP contribution in [0.15, 0.2) is 29.6 Å². The van der Waals surface area contributed by atoms with Crippen LogP contribution in [0.3, 0.4) is 0 Å². The maximum atomic E-state index is 12.2. The maximum absolute atomic E-state index is 12.2. The Kier molecular flexibility index (Phi) is 4.63. The lowest BCUT2D eigenvalue weighted by atomic mass is 10.2. The highest BCUT2D eigenvalue weighted by atomic mass is 32.1. The van der Waals surface area contributed by atoms with Gasteiger partial charge in [-0.3, -0.25) is 4.79 Å². The molecular weight excluding hydrogens is 274 g/mol. The molecule has 0 saturated carbocycles. The highest BCUT2D eigenvalue weighted by Crippen LogP contribution is 2.29. The van der Waals surface area contributed by atoms with Crippen molar-refractivity contribution >= 4 is 22.9 Å². The molecule has 1 heterocycles. The molecule has 1 aromatic carbocycles. The summed E-state index contributed by atoms with van der Waals surface area (Å²) in [6.07, 6.45) is 0.931. The molecule has 0 aliphatic heterocycles. The molecule has 1 amide bonds. The van der Waals surface area contributed by atoms with Crippen LogP contribution in [0.5, 0.6) is 11.5 Å². The fraction of sp³-hybridized carbons (Fsp3) is 0.267. The third-order valence-electron chi connectivity index (χ3n) is 2.92. The van der Waals surface area contributed by atoms with E-state index in [-0.39, 0.29) is 5.91 Å². The third kappa shape index (κ3) is 3.11. The van der Waals surface area contributed by atoms with E-state index in [2.05, 4.69) is 12.2 Å². The number of amides is 1. The minimum atomic E-state index is -0.146. The molecule has 2 rings (SSSR count). The lowest BCUT2D eigenvalue weighted by molar-refractivity contribution is 0.102. The second-order valence-corrected chi connectivity index (χ2v) is 5.17. The molecule has 0 aliphatic rings. The van der Waals surface area contributed by atoms with Crippen LogP contribution in [0, 0.1) is 0 Å². The van der Waals surface area contributed by atoms with Crippen LogP contribution < -0.4 is 14.8 Å². The summed E-state index contributed by atoms with van der Waals surface area (Å²) in [4.78, 5) is 13.4. The van der Waals surface area contributed by atoms with Crippen molar-refractivity contribution in [3.63, 3.8) is 0 Å². The van der Waals surface area contributed by atoms with Gasteiger partial charge in [0.25, 0.3) is 5.91 Å². The summed E-state index contributed by atoms with van der Waals surface area (Å²) in [5, 5.41) is 4.71. The van der Waals surface area contributed by atoms with Gasteiger partial charge in [-0.05, 0) is 24.6 Å². The van der Waals surface area contributed by atoms with Gasteiger partial charge in [0.05, 0.1) is 25.5 Å². The molecule has 1 aromatic heterocycles. The van der Waals surface area contributed by atoms with Gasteiger partial charge in [0.2, 0.25) is 0 Å². The summed E-state index contributed by atoms with van der Waals surface area (Å²) in [7, 11) is 3.15. The number of methoxy groups -OCH3 is 2. The SMILES string of the molecule is CCc1cc(C(=O)Nc2cc(OC)ccc2OC)cs1. The van der Waals surface area contributed by atoms with Crippen molar-refractivity contribution in [2.24, 2.45) is 0 Å². The minimum absolute atomic E-state index is 0.146. The van der Waals surface area contributed by atoms with Crippen molar-refractivity contribution in [2.75, 3.05) is 19.5 Å². The second-order valence-electron chi connectivity index (χ2n) is 4.18. The maximum Gasteiger partial charge on any atom is 0.256 e. The largest absolute Gasteiger partial charge is 0.497 e. The molecule has 0 spiro atoms. The van der Waals surface area contributed by atoms with Gasteiger partial charge in [-0.1, -0.05) is 6.92 Å². The van der Waals surface area contributed by atoms with Crippen molar-refractivity contribution in [1.29, 1.82) is 0 Å².